The first-order chi connectivity index (χ1) is 9.29. The molecule has 0 amide bonds. The first-order valence-corrected chi connectivity index (χ1v) is 6.48. The summed E-state index contributed by atoms with van der Waals surface area (Å²) in [6.07, 6.45) is 0. The lowest BCUT2D eigenvalue weighted by atomic mass is 10.1. The minimum Gasteiger partial charge on any atom is -0.379 e. The number of morpholine rings is 1. The lowest BCUT2D eigenvalue weighted by Gasteiger charge is -2.27. The topological polar surface area (TPSA) is 48.3 Å². The van der Waals surface area contributed by atoms with Crippen molar-refractivity contribution in [2.75, 3.05) is 39.4 Å². The van der Waals surface area contributed by atoms with E-state index < -0.39 is 6.04 Å². The van der Waals surface area contributed by atoms with E-state index in [1.54, 1.807) is 12.1 Å². The molecule has 4 nitrogen and oxygen atoms in total. The molecule has 1 N–H and O–H groups in total. The Hall–Kier alpha value is -1.48. The number of nitriles is 1. The van der Waals surface area contributed by atoms with Crippen molar-refractivity contribution in [1.82, 2.24) is 10.2 Å². The van der Waals surface area contributed by atoms with Crippen LogP contribution in [0, 0.1) is 17.1 Å². The molecule has 1 aliphatic heterocycles. The molecule has 1 atom stereocenters. The number of hydrogen-bond acceptors (Lipinski definition) is 4. The second kappa shape index (κ2) is 7.19. The van der Waals surface area contributed by atoms with Crippen LogP contribution in [0.1, 0.15) is 11.6 Å². The molecular weight excluding hydrogens is 245 g/mol. The molecule has 19 heavy (non-hydrogen) atoms. The molecule has 1 saturated heterocycles. The number of benzene rings is 1. The van der Waals surface area contributed by atoms with E-state index in [0.29, 0.717) is 12.1 Å². The van der Waals surface area contributed by atoms with Gasteiger partial charge < -0.3 is 4.74 Å². The third-order valence-electron chi connectivity index (χ3n) is 3.19. The van der Waals surface area contributed by atoms with Gasteiger partial charge in [-0.2, -0.15) is 5.26 Å². The second-order valence-corrected chi connectivity index (χ2v) is 4.53. The van der Waals surface area contributed by atoms with Crippen LogP contribution in [0.25, 0.3) is 0 Å². The number of halogens is 1. The van der Waals surface area contributed by atoms with Crippen molar-refractivity contribution < 1.29 is 9.13 Å². The fourth-order valence-electron chi connectivity index (χ4n) is 2.12. The van der Waals surface area contributed by atoms with Gasteiger partial charge in [0.1, 0.15) is 11.9 Å². The third-order valence-corrected chi connectivity index (χ3v) is 3.19. The zero-order valence-electron chi connectivity index (χ0n) is 10.8. The second-order valence-electron chi connectivity index (χ2n) is 4.53. The predicted octanol–water partition coefficient (Wildman–Crippen LogP) is 1.31. The number of nitrogens with zero attached hydrogens (tertiary/aromatic N) is 2. The fourth-order valence-corrected chi connectivity index (χ4v) is 2.12. The van der Waals surface area contributed by atoms with Gasteiger partial charge in [0.25, 0.3) is 0 Å². The van der Waals surface area contributed by atoms with Crippen molar-refractivity contribution in [2.45, 2.75) is 6.04 Å². The Morgan fingerprint density at radius 1 is 1.42 bits per heavy atom. The molecule has 2 rings (SSSR count). The molecule has 0 radical (unpaired) electrons. The van der Waals surface area contributed by atoms with E-state index in [2.05, 4.69) is 16.3 Å². The SMILES string of the molecule is N#CC(NCCN1CCOCC1)c1cccc(F)c1. The molecule has 0 aromatic heterocycles. The zero-order chi connectivity index (χ0) is 13.5. The van der Waals surface area contributed by atoms with Gasteiger partial charge in [-0.05, 0) is 17.7 Å². The zero-order valence-corrected chi connectivity index (χ0v) is 10.8. The van der Waals surface area contributed by atoms with Crippen LogP contribution in [0.2, 0.25) is 0 Å². The summed E-state index contributed by atoms with van der Waals surface area (Å²) in [4.78, 5) is 2.29. The summed E-state index contributed by atoms with van der Waals surface area (Å²) >= 11 is 0. The Morgan fingerprint density at radius 2 is 2.21 bits per heavy atom. The summed E-state index contributed by atoms with van der Waals surface area (Å²) in [6, 6.07) is 7.87. The van der Waals surface area contributed by atoms with Crippen LogP contribution in [0.3, 0.4) is 0 Å². The van der Waals surface area contributed by atoms with E-state index in [-0.39, 0.29) is 5.82 Å². The van der Waals surface area contributed by atoms with Crippen molar-refractivity contribution in [1.29, 1.82) is 5.26 Å². The van der Waals surface area contributed by atoms with Crippen molar-refractivity contribution in [3.63, 3.8) is 0 Å². The maximum Gasteiger partial charge on any atom is 0.123 e. The highest BCUT2D eigenvalue weighted by atomic mass is 19.1. The van der Waals surface area contributed by atoms with Gasteiger partial charge in [0.15, 0.2) is 0 Å². The van der Waals surface area contributed by atoms with Gasteiger partial charge in [0.2, 0.25) is 0 Å². The van der Waals surface area contributed by atoms with E-state index in [1.807, 2.05) is 0 Å². The maximum absolute atomic E-state index is 13.1. The molecule has 0 spiro atoms. The van der Waals surface area contributed by atoms with Crippen LogP contribution < -0.4 is 5.32 Å². The van der Waals surface area contributed by atoms with Crippen LogP contribution in [0.5, 0.6) is 0 Å². The minimum absolute atomic E-state index is 0.312. The number of ether oxygens (including phenoxy) is 1. The summed E-state index contributed by atoms with van der Waals surface area (Å²) in [6.45, 7) is 4.97. The molecule has 1 heterocycles. The van der Waals surface area contributed by atoms with E-state index >= 15 is 0 Å². The molecule has 1 fully saturated rings. The summed E-state index contributed by atoms with van der Waals surface area (Å²) in [5, 5.41) is 12.3. The number of hydrogen-bond donors (Lipinski definition) is 1. The smallest absolute Gasteiger partial charge is 0.123 e. The van der Waals surface area contributed by atoms with Gasteiger partial charge >= 0.3 is 0 Å². The molecule has 102 valence electrons. The van der Waals surface area contributed by atoms with E-state index in [1.165, 1.54) is 12.1 Å². The lowest BCUT2D eigenvalue weighted by molar-refractivity contribution is 0.0383. The van der Waals surface area contributed by atoms with Gasteiger partial charge in [0.05, 0.1) is 19.3 Å². The van der Waals surface area contributed by atoms with Gasteiger partial charge in [-0.25, -0.2) is 4.39 Å². The summed E-state index contributed by atoms with van der Waals surface area (Å²) < 4.78 is 18.4. The Bertz CT molecular complexity index is 441. The first kappa shape index (κ1) is 13.9. The molecule has 0 aliphatic carbocycles. The number of nitrogens with one attached hydrogen (secondary N) is 1. The van der Waals surface area contributed by atoms with Crippen LogP contribution >= 0.6 is 0 Å². The molecule has 5 heteroatoms. The van der Waals surface area contributed by atoms with Gasteiger partial charge in [-0.15, -0.1) is 0 Å². The van der Waals surface area contributed by atoms with Crippen LogP contribution in [0.15, 0.2) is 24.3 Å². The van der Waals surface area contributed by atoms with Crippen LogP contribution in [0.4, 0.5) is 4.39 Å². The first-order valence-electron chi connectivity index (χ1n) is 6.48. The monoisotopic (exact) mass is 263 g/mol. The molecule has 1 aromatic carbocycles. The highest BCUT2D eigenvalue weighted by molar-refractivity contribution is 5.24. The average molecular weight is 263 g/mol. The van der Waals surface area contributed by atoms with Crippen LogP contribution in [-0.2, 0) is 4.74 Å². The molecule has 0 saturated carbocycles. The summed E-state index contributed by atoms with van der Waals surface area (Å²) in [7, 11) is 0. The normalized spacial score (nSPS) is 17.9. The Morgan fingerprint density at radius 3 is 2.89 bits per heavy atom. The fraction of sp³-hybridized carbons (Fsp3) is 0.500. The van der Waals surface area contributed by atoms with E-state index in [9.17, 15) is 4.39 Å². The average Bonchev–Trinajstić information content (AvgIpc) is 2.45. The highest BCUT2D eigenvalue weighted by Crippen LogP contribution is 2.13. The largest absolute Gasteiger partial charge is 0.379 e. The van der Waals surface area contributed by atoms with Crippen LogP contribution in [-0.4, -0.2) is 44.3 Å². The standard InChI is InChI=1S/C14H18FN3O/c15-13-3-1-2-12(10-13)14(11-16)17-4-5-18-6-8-19-9-7-18/h1-3,10,14,17H,4-9H2. The van der Waals surface area contributed by atoms with E-state index in [4.69, 9.17) is 10.00 Å². The molecule has 1 aromatic rings. The summed E-state index contributed by atoms with van der Waals surface area (Å²) in [5.74, 6) is -0.312. The van der Waals surface area contributed by atoms with Gasteiger partial charge in [-0.1, -0.05) is 12.1 Å². The van der Waals surface area contributed by atoms with Gasteiger partial charge in [0, 0.05) is 26.2 Å². The number of rotatable bonds is 5. The Balaban J connectivity index is 1.81. The molecular formula is C14H18FN3O. The van der Waals surface area contributed by atoms with Gasteiger partial charge in [-0.3, -0.25) is 10.2 Å². The lowest BCUT2D eigenvalue weighted by Crippen LogP contribution is -2.40. The minimum atomic E-state index is -0.461. The quantitative estimate of drug-likeness (QED) is 0.870. The molecule has 1 unspecified atom stereocenters. The maximum atomic E-state index is 13.1. The molecule has 0 bridgehead atoms. The third kappa shape index (κ3) is 4.28. The Kier molecular flexibility index (Phi) is 5.28. The van der Waals surface area contributed by atoms with Crippen molar-refractivity contribution in [3.05, 3.63) is 35.6 Å². The van der Waals surface area contributed by atoms with Crippen molar-refractivity contribution in [3.8, 4) is 6.07 Å². The highest BCUT2D eigenvalue weighted by Gasteiger charge is 2.13. The summed E-state index contributed by atoms with van der Waals surface area (Å²) in [5.41, 5.74) is 0.671. The van der Waals surface area contributed by atoms with Crippen molar-refractivity contribution >= 4 is 0 Å². The molecule has 1 aliphatic rings. The van der Waals surface area contributed by atoms with Crippen molar-refractivity contribution in [2.24, 2.45) is 0 Å². The Labute approximate surface area is 112 Å². The van der Waals surface area contributed by atoms with E-state index in [0.717, 1.165) is 32.8 Å². The predicted molar refractivity (Wildman–Crippen MR) is 70.0 cm³/mol.